The molecule has 0 aliphatic carbocycles. The first-order valence-corrected chi connectivity index (χ1v) is 7.06. The number of fused-ring (bicyclic) bond motifs is 1. The SMILES string of the molecule is CC1CCN(CC(=O)n2nc3ccccn3c2=O)C1CO. The number of aliphatic hydroxyl groups excluding tert-OH is 1. The molecule has 0 radical (unpaired) electrons. The smallest absolute Gasteiger partial charge is 0.357 e. The number of pyridine rings is 1. The second kappa shape index (κ2) is 5.42. The summed E-state index contributed by atoms with van der Waals surface area (Å²) in [5, 5.41) is 13.5. The van der Waals surface area contributed by atoms with E-state index >= 15 is 0 Å². The van der Waals surface area contributed by atoms with E-state index in [4.69, 9.17) is 0 Å². The maximum Gasteiger partial charge on any atom is 0.357 e. The predicted molar refractivity (Wildman–Crippen MR) is 76.3 cm³/mol. The normalized spacial score (nSPS) is 23.0. The summed E-state index contributed by atoms with van der Waals surface area (Å²) in [6, 6.07) is 5.14. The van der Waals surface area contributed by atoms with E-state index in [1.54, 1.807) is 24.4 Å². The summed E-state index contributed by atoms with van der Waals surface area (Å²) < 4.78 is 2.25. The lowest BCUT2D eigenvalue weighted by Crippen LogP contribution is -2.42. The largest absolute Gasteiger partial charge is 0.395 e. The van der Waals surface area contributed by atoms with Crippen LogP contribution in [0.4, 0.5) is 0 Å². The van der Waals surface area contributed by atoms with E-state index in [0.717, 1.165) is 17.6 Å². The molecule has 0 spiro atoms. The fourth-order valence-corrected chi connectivity index (χ4v) is 2.91. The molecule has 2 atom stereocenters. The Labute approximate surface area is 121 Å². The lowest BCUT2D eigenvalue weighted by molar-refractivity contribution is 0.0767. The fourth-order valence-electron chi connectivity index (χ4n) is 2.91. The molecular formula is C14H18N4O3. The van der Waals surface area contributed by atoms with Gasteiger partial charge in [-0.25, -0.2) is 9.20 Å². The van der Waals surface area contributed by atoms with E-state index in [1.165, 1.54) is 4.40 Å². The van der Waals surface area contributed by atoms with E-state index in [2.05, 4.69) is 12.0 Å². The molecule has 7 heteroatoms. The molecule has 3 rings (SSSR count). The van der Waals surface area contributed by atoms with Gasteiger partial charge in [-0.05, 0) is 31.0 Å². The Morgan fingerprint density at radius 2 is 2.29 bits per heavy atom. The van der Waals surface area contributed by atoms with Gasteiger partial charge in [0.05, 0.1) is 13.2 Å². The van der Waals surface area contributed by atoms with Crippen LogP contribution in [-0.4, -0.2) is 55.8 Å². The van der Waals surface area contributed by atoms with Crippen molar-refractivity contribution in [2.75, 3.05) is 19.7 Å². The molecular weight excluding hydrogens is 272 g/mol. The van der Waals surface area contributed by atoms with Crippen LogP contribution in [0.25, 0.3) is 5.65 Å². The summed E-state index contributed by atoms with van der Waals surface area (Å²) in [5.74, 6) is -0.0168. The number of aliphatic hydroxyl groups is 1. The average molecular weight is 290 g/mol. The van der Waals surface area contributed by atoms with Crippen molar-refractivity contribution in [1.29, 1.82) is 0 Å². The first kappa shape index (κ1) is 14.0. The van der Waals surface area contributed by atoms with E-state index in [0.29, 0.717) is 11.6 Å². The predicted octanol–water partition coefficient (Wildman–Crippen LogP) is -0.161. The molecule has 0 bridgehead atoms. The van der Waals surface area contributed by atoms with Gasteiger partial charge in [-0.1, -0.05) is 13.0 Å². The van der Waals surface area contributed by atoms with Crippen LogP contribution >= 0.6 is 0 Å². The topological polar surface area (TPSA) is 79.8 Å². The summed E-state index contributed by atoms with van der Waals surface area (Å²) >= 11 is 0. The second-order valence-corrected chi connectivity index (χ2v) is 5.50. The first-order valence-electron chi connectivity index (χ1n) is 7.06. The quantitative estimate of drug-likeness (QED) is 0.849. The van der Waals surface area contributed by atoms with Crippen molar-refractivity contribution in [2.45, 2.75) is 19.4 Å². The minimum Gasteiger partial charge on any atom is -0.395 e. The Bertz CT molecular complexity index is 720. The number of nitrogens with zero attached hydrogens (tertiary/aromatic N) is 4. The molecule has 3 heterocycles. The van der Waals surface area contributed by atoms with Gasteiger partial charge >= 0.3 is 5.69 Å². The Hall–Kier alpha value is -1.99. The van der Waals surface area contributed by atoms with Crippen LogP contribution in [0.3, 0.4) is 0 Å². The van der Waals surface area contributed by atoms with Crippen molar-refractivity contribution in [3.8, 4) is 0 Å². The molecule has 2 unspecified atom stereocenters. The Morgan fingerprint density at radius 1 is 1.48 bits per heavy atom. The highest BCUT2D eigenvalue weighted by molar-refractivity contribution is 5.80. The van der Waals surface area contributed by atoms with Crippen LogP contribution in [0.5, 0.6) is 0 Å². The van der Waals surface area contributed by atoms with E-state index in [1.807, 2.05) is 4.90 Å². The minimum atomic E-state index is -0.455. The number of rotatable bonds is 3. The molecule has 1 fully saturated rings. The van der Waals surface area contributed by atoms with E-state index < -0.39 is 5.69 Å². The highest BCUT2D eigenvalue weighted by Gasteiger charge is 2.32. The zero-order chi connectivity index (χ0) is 15.0. The highest BCUT2D eigenvalue weighted by Crippen LogP contribution is 2.22. The Morgan fingerprint density at radius 3 is 3.00 bits per heavy atom. The Balaban J connectivity index is 1.85. The van der Waals surface area contributed by atoms with E-state index in [9.17, 15) is 14.7 Å². The van der Waals surface area contributed by atoms with Gasteiger partial charge in [-0.3, -0.25) is 9.69 Å². The van der Waals surface area contributed by atoms with Crippen LogP contribution in [0, 0.1) is 5.92 Å². The number of carbonyl (C=O) groups excluding carboxylic acids is 1. The van der Waals surface area contributed by atoms with Crippen molar-refractivity contribution < 1.29 is 9.90 Å². The zero-order valence-corrected chi connectivity index (χ0v) is 11.8. The summed E-state index contributed by atoms with van der Waals surface area (Å²) in [6.45, 7) is 2.93. The number of hydrogen-bond acceptors (Lipinski definition) is 5. The molecule has 0 amide bonds. The van der Waals surface area contributed by atoms with Crippen LogP contribution < -0.4 is 5.69 Å². The lowest BCUT2D eigenvalue weighted by atomic mass is 10.0. The molecule has 2 aromatic rings. The van der Waals surface area contributed by atoms with Crippen molar-refractivity contribution in [3.05, 3.63) is 34.9 Å². The maximum atomic E-state index is 12.3. The van der Waals surface area contributed by atoms with Crippen molar-refractivity contribution in [1.82, 2.24) is 19.1 Å². The third-order valence-corrected chi connectivity index (χ3v) is 4.19. The summed E-state index contributed by atoms with van der Waals surface area (Å²) in [6.07, 6.45) is 2.53. The molecule has 7 nitrogen and oxygen atoms in total. The van der Waals surface area contributed by atoms with Gasteiger partial charge < -0.3 is 5.11 Å². The van der Waals surface area contributed by atoms with Crippen LogP contribution in [0.1, 0.15) is 18.1 Å². The molecule has 112 valence electrons. The summed E-state index contributed by atoms with van der Waals surface area (Å²) in [4.78, 5) is 26.4. The number of hydrogen-bond donors (Lipinski definition) is 1. The standard InChI is InChI=1S/C14H18N4O3/c1-10-5-7-16(11(10)9-19)8-13(20)18-14(21)17-6-3-2-4-12(17)15-18/h2-4,6,10-11,19H,5,7-9H2,1H3. The third-order valence-electron chi connectivity index (χ3n) is 4.19. The average Bonchev–Trinajstić information content (AvgIpc) is 3.00. The molecule has 1 saturated heterocycles. The first-order chi connectivity index (χ1) is 10.1. The lowest BCUT2D eigenvalue weighted by Gasteiger charge is -2.23. The van der Waals surface area contributed by atoms with Crippen LogP contribution in [0.15, 0.2) is 29.2 Å². The Kier molecular flexibility index (Phi) is 3.60. The van der Waals surface area contributed by atoms with Crippen LogP contribution in [-0.2, 0) is 0 Å². The van der Waals surface area contributed by atoms with Gasteiger partial charge in [-0.15, -0.1) is 9.78 Å². The molecule has 1 aliphatic rings. The van der Waals surface area contributed by atoms with Crippen molar-refractivity contribution in [2.24, 2.45) is 5.92 Å². The highest BCUT2D eigenvalue weighted by atomic mass is 16.3. The molecule has 0 saturated carbocycles. The number of aromatic nitrogens is 3. The molecule has 21 heavy (non-hydrogen) atoms. The van der Waals surface area contributed by atoms with Gasteiger partial charge in [0.1, 0.15) is 0 Å². The van der Waals surface area contributed by atoms with E-state index in [-0.39, 0.29) is 25.1 Å². The monoisotopic (exact) mass is 290 g/mol. The molecule has 1 aliphatic heterocycles. The van der Waals surface area contributed by atoms with Crippen LogP contribution in [0.2, 0.25) is 0 Å². The molecule has 1 N–H and O–H groups in total. The van der Waals surface area contributed by atoms with Gasteiger partial charge in [0.25, 0.3) is 5.91 Å². The fraction of sp³-hybridized carbons (Fsp3) is 0.500. The zero-order valence-electron chi connectivity index (χ0n) is 11.8. The number of likely N-dealkylation sites (tertiary alicyclic amines) is 1. The maximum absolute atomic E-state index is 12.3. The minimum absolute atomic E-state index is 0.0223. The summed E-state index contributed by atoms with van der Waals surface area (Å²) in [5.41, 5.74) is -0.00672. The van der Waals surface area contributed by atoms with Crippen molar-refractivity contribution >= 4 is 11.6 Å². The summed E-state index contributed by atoms with van der Waals surface area (Å²) in [7, 11) is 0. The van der Waals surface area contributed by atoms with Gasteiger partial charge in [0.2, 0.25) is 0 Å². The van der Waals surface area contributed by atoms with Gasteiger partial charge in [0, 0.05) is 12.2 Å². The second-order valence-electron chi connectivity index (χ2n) is 5.50. The van der Waals surface area contributed by atoms with Crippen molar-refractivity contribution in [3.63, 3.8) is 0 Å². The van der Waals surface area contributed by atoms with Gasteiger partial charge in [0.15, 0.2) is 5.65 Å². The van der Waals surface area contributed by atoms with Gasteiger partial charge in [-0.2, -0.15) is 0 Å². The third kappa shape index (κ3) is 2.38. The molecule has 0 aromatic carbocycles. The number of carbonyl (C=O) groups is 1. The molecule has 2 aromatic heterocycles.